The Kier molecular flexibility index (Phi) is 3.42. The largest absolute Gasteiger partial charge is 0.481 e. The molecule has 3 rings (SSSR count). The highest BCUT2D eigenvalue weighted by Crippen LogP contribution is 2.32. The number of hydrogen-bond acceptors (Lipinski definition) is 2. The van der Waals surface area contributed by atoms with Gasteiger partial charge in [0.1, 0.15) is 0 Å². The van der Waals surface area contributed by atoms with E-state index in [4.69, 9.17) is 0 Å². The van der Waals surface area contributed by atoms with Crippen molar-refractivity contribution in [2.75, 3.05) is 11.9 Å². The minimum Gasteiger partial charge on any atom is -0.481 e. The van der Waals surface area contributed by atoms with Gasteiger partial charge < -0.3 is 10.4 Å². The third-order valence-electron chi connectivity index (χ3n) is 3.82. The van der Waals surface area contributed by atoms with Crippen LogP contribution < -0.4 is 5.32 Å². The third-order valence-corrected chi connectivity index (χ3v) is 3.82. The van der Waals surface area contributed by atoms with Crippen molar-refractivity contribution in [3.63, 3.8) is 0 Å². The molecule has 1 aliphatic heterocycles. The van der Waals surface area contributed by atoms with Crippen molar-refractivity contribution in [2.24, 2.45) is 0 Å². The van der Waals surface area contributed by atoms with Gasteiger partial charge in [0, 0.05) is 18.2 Å². The van der Waals surface area contributed by atoms with E-state index in [2.05, 4.69) is 17.4 Å². The maximum atomic E-state index is 11.2. The van der Waals surface area contributed by atoms with Gasteiger partial charge in [-0.15, -0.1) is 0 Å². The van der Waals surface area contributed by atoms with Crippen LogP contribution in [0.15, 0.2) is 48.5 Å². The molecule has 0 unspecified atom stereocenters. The first-order chi connectivity index (χ1) is 9.74. The number of carbonyl (C=O) groups is 1. The summed E-state index contributed by atoms with van der Waals surface area (Å²) in [7, 11) is 0. The molecule has 2 aromatic rings. The van der Waals surface area contributed by atoms with Gasteiger partial charge in [-0.05, 0) is 29.2 Å². The standard InChI is InChI=1S/C17H17NO2/c19-17(20)11-15(12-4-2-1-3-5-12)13-6-7-16-14(10-13)8-9-18-16/h1-7,10,15,18H,8-9,11H2,(H,19,20)/t15-/m0/s1. The van der Waals surface area contributed by atoms with Gasteiger partial charge in [0.05, 0.1) is 6.42 Å². The Balaban J connectivity index is 1.99. The fourth-order valence-corrected chi connectivity index (χ4v) is 2.83. The molecule has 0 radical (unpaired) electrons. The lowest BCUT2D eigenvalue weighted by Gasteiger charge is -2.17. The molecule has 20 heavy (non-hydrogen) atoms. The molecule has 0 saturated heterocycles. The highest BCUT2D eigenvalue weighted by atomic mass is 16.4. The molecule has 102 valence electrons. The fraction of sp³-hybridized carbons (Fsp3) is 0.235. The lowest BCUT2D eigenvalue weighted by Crippen LogP contribution is -2.08. The average Bonchev–Trinajstić information content (AvgIpc) is 2.93. The zero-order chi connectivity index (χ0) is 13.9. The molecular weight excluding hydrogens is 250 g/mol. The van der Waals surface area contributed by atoms with E-state index in [9.17, 15) is 9.90 Å². The molecule has 1 aliphatic rings. The van der Waals surface area contributed by atoms with E-state index in [-0.39, 0.29) is 12.3 Å². The number of benzene rings is 2. The van der Waals surface area contributed by atoms with Crippen molar-refractivity contribution in [1.82, 2.24) is 0 Å². The smallest absolute Gasteiger partial charge is 0.304 e. The van der Waals surface area contributed by atoms with E-state index >= 15 is 0 Å². The summed E-state index contributed by atoms with van der Waals surface area (Å²) in [6, 6.07) is 16.1. The number of hydrogen-bond donors (Lipinski definition) is 2. The Morgan fingerprint density at radius 1 is 1.15 bits per heavy atom. The highest BCUT2D eigenvalue weighted by Gasteiger charge is 2.20. The Hall–Kier alpha value is -2.29. The number of carboxylic acid groups (broad SMARTS) is 1. The lowest BCUT2D eigenvalue weighted by atomic mass is 9.87. The van der Waals surface area contributed by atoms with E-state index < -0.39 is 5.97 Å². The van der Waals surface area contributed by atoms with Crippen molar-refractivity contribution in [3.8, 4) is 0 Å². The predicted octanol–water partition coefficient (Wildman–Crippen LogP) is 3.26. The topological polar surface area (TPSA) is 49.3 Å². The van der Waals surface area contributed by atoms with E-state index in [1.54, 1.807) is 0 Å². The van der Waals surface area contributed by atoms with Crippen LogP contribution in [-0.2, 0) is 11.2 Å². The van der Waals surface area contributed by atoms with Crippen molar-refractivity contribution in [3.05, 3.63) is 65.2 Å². The second-order valence-electron chi connectivity index (χ2n) is 5.15. The van der Waals surface area contributed by atoms with Gasteiger partial charge in [0.2, 0.25) is 0 Å². The summed E-state index contributed by atoms with van der Waals surface area (Å²) in [5, 5.41) is 12.5. The van der Waals surface area contributed by atoms with Crippen LogP contribution in [0.5, 0.6) is 0 Å². The third kappa shape index (κ3) is 2.52. The zero-order valence-corrected chi connectivity index (χ0v) is 11.2. The van der Waals surface area contributed by atoms with Gasteiger partial charge in [-0.25, -0.2) is 0 Å². The Morgan fingerprint density at radius 2 is 1.95 bits per heavy atom. The predicted molar refractivity (Wildman–Crippen MR) is 79.2 cm³/mol. The normalized spacial score (nSPS) is 14.4. The van der Waals surface area contributed by atoms with Crippen molar-refractivity contribution < 1.29 is 9.90 Å². The van der Waals surface area contributed by atoms with Crippen molar-refractivity contribution in [1.29, 1.82) is 0 Å². The number of anilines is 1. The minimum atomic E-state index is -0.766. The Labute approximate surface area is 118 Å². The second kappa shape index (κ2) is 5.37. The Morgan fingerprint density at radius 3 is 2.70 bits per heavy atom. The van der Waals surface area contributed by atoms with Crippen LogP contribution in [0.3, 0.4) is 0 Å². The highest BCUT2D eigenvalue weighted by molar-refractivity contribution is 5.69. The lowest BCUT2D eigenvalue weighted by molar-refractivity contribution is -0.137. The number of rotatable bonds is 4. The summed E-state index contributed by atoms with van der Waals surface area (Å²) in [5.41, 5.74) is 4.60. The fourth-order valence-electron chi connectivity index (χ4n) is 2.83. The van der Waals surface area contributed by atoms with Crippen LogP contribution in [0.25, 0.3) is 0 Å². The van der Waals surface area contributed by atoms with E-state index in [0.29, 0.717) is 0 Å². The number of carboxylic acids is 1. The van der Waals surface area contributed by atoms with Crippen molar-refractivity contribution in [2.45, 2.75) is 18.8 Å². The number of aliphatic carboxylic acids is 1. The van der Waals surface area contributed by atoms with Crippen LogP contribution in [0.4, 0.5) is 5.69 Å². The molecule has 0 bridgehead atoms. The zero-order valence-electron chi connectivity index (χ0n) is 11.2. The molecule has 0 aromatic heterocycles. The van der Waals surface area contributed by atoms with Crippen LogP contribution in [0, 0.1) is 0 Å². The van der Waals surface area contributed by atoms with Crippen LogP contribution >= 0.6 is 0 Å². The molecule has 1 atom stereocenters. The summed E-state index contributed by atoms with van der Waals surface area (Å²) in [5.74, 6) is -0.850. The molecule has 0 saturated carbocycles. The number of nitrogens with one attached hydrogen (secondary N) is 1. The first-order valence-electron chi connectivity index (χ1n) is 6.87. The van der Waals surface area contributed by atoms with Crippen LogP contribution in [0.1, 0.15) is 29.0 Å². The van der Waals surface area contributed by atoms with Crippen molar-refractivity contribution >= 4 is 11.7 Å². The molecule has 2 N–H and O–H groups in total. The SMILES string of the molecule is O=C(O)C[C@@H](c1ccccc1)c1ccc2c(c1)CCN2. The van der Waals surface area contributed by atoms with Crippen LogP contribution in [-0.4, -0.2) is 17.6 Å². The molecule has 0 spiro atoms. The van der Waals surface area contributed by atoms with Crippen LogP contribution in [0.2, 0.25) is 0 Å². The summed E-state index contributed by atoms with van der Waals surface area (Å²) >= 11 is 0. The maximum Gasteiger partial charge on any atom is 0.304 e. The molecular formula is C17H17NO2. The first-order valence-corrected chi connectivity index (χ1v) is 6.87. The minimum absolute atomic E-state index is 0.0837. The molecule has 0 fully saturated rings. The summed E-state index contributed by atoms with van der Waals surface area (Å²) in [4.78, 5) is 11.2. The quantitative estimate of drug-likeness (QED) is 0.894. The van der Waals surface area contributed by atoms with Gasteiger partial charge in [0.15, 0.2) is 0 Å². The monoisotopic (exact) mass is 267 g/mol. The van der Waals surface area contributed by atoms with E-state index in [0.717, 1.165) is 24.1 Å². The number of fused-ring (bicyclic) bond motifs is 1. The maximum absolute atomic E-state index is 11.2. The molecule has 1 heterocycles. The summed E-state index contributed by atoms with van der Waals surface area (Å²) in [6.07, 6.45) is 1.13. The van der Waals surface area contributed by atoms with Gasteiger partial charge in [-0.2, -0.15) is 0 Å². The molecule has 2 aromatic carbocycles. The molecule has 3 nitrogen and oxygen atoms in total. The van der Waals surface area contributed by atoms with Gasteiger partial charge in [-0.1, -0.05) is 42.5 Å². The molecule has 0 amide bonds. The molecule has 0 aliphatic carbocycles. The van der Waals surface area contributed by atoms with E-state index in [1.165, 1.54) is 11.3 Å². The van der Waals surface area contributed by atoms with Gasteiger partial charge >= 0.3 is 5.97 Å². The van der Waals surface area contributed by atoms with Gasteiger partial charge in [0.25, 0.3) is 0 Å². The van der Waals surface area contributed by atoms with Gasteiger partial charge in [-0.3, -0.25) is 4.79 Å². The first kappa shape index (κ1) is 12.7. The molecule has 3 heteroatoms. The second-order valence-corrected chi connectivity index (χ2v) is 5.15. The Bertz CT molecular complexity index is 622. The summed E-state index contributed by atoms with van der Waals surface area (Å²) in [6.45, 7) is 0.966. The van der Waals surface area contributed by atoms with E-state index in [1.807, 2.05) is 36.4 Å². The average molecular weight is 267 g/mol. The summed E-state index contributed by atoms with van der Waals surface area (Å²) < 4.78 is 0.